The minimum absolute atomic E-state index is 0.00301. The van der Waals surface area contributed by atoms with Crippen LogP contribution in [0.3, 0.4) is 0 Å². The third-order valence-electron chi connectivity index (χ3n) is 2.51. The summed E-state index contributed by atoms with van der Waals surface area (Å²) in [4.78, 5) is 10.4. The highest BCUT2D eigenvalue weighted by Gasteiger charge is 2.57. The van der Waals surface area contributed by atoms with Gasteiger partial charge in [-0.1, -0.05) is 23.7 Å². The van der Waals surface area contributed by atoms with Crippen LogP contribution >= 0.6 is 11.6 Å². The summed E-state index contributed by atoms with van der Waals surface area (Å²) < 4.78 is 13.4. The smallest absolute Gasteiger partial charge is 0.157 e. The molecule has 1 aromatic rings. The summed E-state index contributed by atoms with van der Waals surface area (Å²) >= 11 is 5.65. The first-order chi connectivity index (χ1) is 6.54. The third kappa shape index (κ3) is 1.38. The second-order valence-electron chi connectivity index (χ2n) is 3.46. The lowest BCUT2D eigenvalue weighted by Gasteiger charge is -2.08. The number of carbonyl (C=O) groups is 1. The van der Waals surface area contributed by atoms with Gasteiger partial charge in [0.2, 0.25) is 0 Å². The summed E-state index contributed by atoms with van der Waals surface area (Å²) in [6, 6.07) is 6.50. The van der Waals surface area contributed by atoms with Crippen molar-refractivity contribution >= 4 is 17.6 Å². The highest BCUT2D eigenvalue weighted by molar-refractivity contribution is 6.30. The maximum absolute atomic E-state index is 13.4. The van der Waals surface area contributed by atoms with Crippen molar-refractivity contribution in [2.45, 2.75) is 18.0 Å². The molecule has 0 saturated heterocycles. The Balaban J connectivity index is 2.21. The number of carboxylic acids is 1. The van der Waals surface area contributed by atoms with Crippen LogP contribution in [-0.4, -0.2) is 11.6 Å². The lowest BCUT2D eigenvalue weighted by molar-refractivity contribution is -0.314. The lowest BCUT2D eigenvalue weighted by atomic mass is 10.1. The molecule has 0 aromatic heterocycles. The van der Waals surface area contributed by atoms with E-state index in [1.165, 1.54) is 0 Å². The quantitative estimate of drug-likeness (QED) is 0.743. The number of rotatable bonds is 2. The zero-order chi connectivity index (χ0) is 10.3. The maximum Gasteiger partial charge on any atom is 0.157 e. The Morgan fingerprint density at radius 2 is 2.07 bits per heavy atom. The van der Waals surface area contributed by atoms with E-state index in [0.717, 1.165) is 0 Å². The van der Waals surface area contributed by atoms with E-state index in [1.54, 1.807) is 24.3 Å². The molecule has 0 spiro atoms. The van der Waals surface area contributed by atoms with E-state index in [-0.39, 0.29) is 6.42 Å². The fourth-order valence-electron chi connectivity index (χ4n) is 1.54. The number of carboxylic acid groups (broad SMARTS) is 1. The van der Waals surface area contributed by atoms with Crippen LogP contribution in [0.25, 0.3) is 0 Å². The molecule has 1 aliphatic carbocycles. The van der Waals surface area contributed by atoms with Gasteiger partial charge >= 0.3 is 0 Å². The number of benzene rings is 1. The van der Waals surface area contributed by atoms with Gasteiger partial charge in [-0.2, -0.15) is 0 Å². The molecule has 1 aliphatic rings. The van der Waals surface area contributed by atoms with Crippen LogP contribution in [0.2, 0.25) is 5.02 Å². The number of aliphatic carboxylic acids is 1. The van der Waals surface area contributed by atoms with Crippen LogP contribution in [-0.2, 0) is 4.79 Å². The molecule has 1 aromatic carbocycles. The van der Waals surface area contributed by atoms with Crippen molar-refractivity contribution in [3.63, 3.8) is 0 Å². The molecule has 14 heavy (non-hydrogen) atoms. The Labute approximate surface area is 85.3 Å². The monoisotopic (exact) mass is 213 g/mol. The van der Waals surface area contributed by atoms with Crippen molar-refractivity contribution in [2.24, 2.45) is 0 Å². The van der Waals surface area contributed by atoms with Crippen molar-refractivity contribution in [1.29, 1.82) is 0 Å². The van der Waals surface area contributed by atoms with Crippen molar-refractivity contribution < 1.29 is 14.3 Å². The van der Waals surface area contributed by atoms with Crippen LogP contribution in [0.4, 0.5) is 4.39 Å². The zero-order valence-electron chi connectivity index (χ0n) is 7.17. The van der Waals surface area contributed by atoms with Crippen LogP contribution in [0.15, 0.2) is 24.3 Å². The van der Waals surface area contributed by atoms with Gasteiger partial charge in [0.1, 0.15) is 0 Å². The third-order valence-corrected chi connectivity index (χ3v) is 2.76. The van der Waals surface area contributed by atoms with E-state index < -0.39 is 17.6 Å². The molecule has 74 valence electrons. The number of hydrogen-bond acceptors (Lipinski definition) is 2. The van der Waals surface area contributed by atoms with Gasteiger partial charge < -0.3 is 9.90 Å². The van der Waals surface area contributed by atoms with Crippen molar-refractivity contribution in [1.82, 2.24) is 0 Å². The van der Waals surface area contributed by atoms with Gasteiger partial charge in [0.25, 0.3) is 0 Å². The second-order valence-corrected chi connectivity index (χ2v) is 3.89. The van der Waals surface area contributed by atoms with Gasteiger partial charge in [-0.15, -0.1) is 0 Å². The summed E-state index contributed by atoms with van der Waals surface area (Å²) in [5.41, 5.74) is -1.52. The maximum atomic E-state index is 13.4. The van der Waals surface area contributed by atoms with E-state index >= 15 is 0 Å². The van der Waals surface area contributed by atoms with Gasteiger partial charge in [-0.05, 0) is 24.1 Å². The molecule has 0 heterocycles. The van der Waals surface area contributed by atoms with Crippen LogP contribution in [0, 0.1) is 0 Å². The van der Waals surface area contributed by atoms with Gasteiger partial charge in [0.15, 0.2) is 5.67 Å². The highest BCUT2D eigenvalue weighted by Crippen LogP contribution is 2.54. The predicted octanol–water partition coefficient (Wildman–Crippen LogP) is 1.29. The Bertz CT molecular complexity index is 376. The first kappa shape index (κ1) is 9.46. The summed E-state index contributed by atoms with van der Waals surface area (Å²) in [5.74, 6) is -2.21. The Kier molecular flexibility index (Phi) is 2.00. The van der Waals surface area contributed by atoms with Crippen LogP contribution < -0.4 is 5.11 Å². The van der Waals surface area contributed by atoms with Crippen molar-refractivity contribution in [3.8, 4) is 0 Å². The molecule has 2 nitrogen and oxygen atoms in total. The molecule has 1 fully saturated rings. The Morgan fingerprint density at radius 1 is 1.50 bits per heavy atom. The SMILES string of the molecule is O=C([O-])C1(F)CC1c1ccc(Cl)cc1. The summed E-state index contributed by atoms with van der Waals surface area (Å²) in [7, 11) is 0. The predicted molar refractivity (Wildman–Crippen MR) is 47.7 cm³/mol. The molecular weight excluding hydrogens is 207 g/mol. The number of halogens is 2. The molecule has 0 bridgehead atoms. The molecule has 4 heteroatoms. The minimum atomic E-state index is -2.17. The second kappa shape index (κ2) is 2.95. The van der Waals surface area contributed by atoms with Gasteiger partial charge in [-0.3, -0.25) is 0 Å². The highest BCUT2D eigenvalue weighted by atomic mass is 35.5. The standard InChI is InChI=1S/C10H8ClFO2/c11-7-3-1-6(2-4-7)8-5-10(8,12)9(13)14/h1-4,8H,5H2,(H,13,14)/p-1. The van der Waals surface area contributed by atoms with Gasteiger partial charge in [-0.25, -0.2) is 4.39 Å². The van der Waals surface area contributed by atoms with Crippen molar-refractivity contribution in [2.75, 3.05) is 0 Å². The number of hydrogen-bond donors (Lipinski definition) is 0. The summed E-state index contributed by atoms with van der Waals surface area (Å²) in [6.45, 7) is 0. The molecule has 2 unspecified atom stereocenters. The zero-order valence-corrected chi connectivity index (χ0v) is 7.92. The molecule has 0 N–H and O–H groups in total. The average Bonchev–Trinajstić information content (AvgIpc) is 2.81. The van der Waals surface area contributed by atoms with E-state index in [2.05, 4.69) is 0 Å². The van der Waals surface area contributed by atoms with Gasteiger partial charge in [0, 0.05) is 10.9 Å². The van der Waals surface area contributed by atoms with Crippen molar-refractivity contribution in [3.05, 3.63) is 34.9 Å². The number of alkyl halides is 1. The van der Waals surface area contributed by atoms with Crippen LogP contribution in [0.5, 0.6) is 0 Å². The average molecular weight is 214 g/mol. The lowest BCUT2D eigenvalue weighted by Crippen LogP contribution is -2.35. The molecule has 2 rings (SSSR count). The largest absolute Gasteiger partial charge is 0.547 e. The van der Waals surface area contributed by atoms with E-state index in [4.69, 9.17) is 11.6 Å². The molecule has 0 amide bonds. The fraction of sp³-hybridized carbons (Fsp3) is 0.300. The van der Waals surface area contributed by atoms with E-state index in [9.17, 15) is 14.3 Å². The first-order valence-corrected chi connectivity index (χ1v) is 4.57. The van der Waals surface area contributed by atoms with E-state index in [1.807, 2.05) is 0 Å². The fourth-order valence-corrected chi connectivity index (χ4v) is 1.67. The van der Waals surface area contributed by atoms with E-state index in [0.29, 0.717) is 10.6 Å². The summed E-state index contributed by atoms with van der Waals surface area (Å²) in [5, 5.41) is 11.0. The van der Waals surface area contributed by atoms with Gasteiger partial charge in [0.05, 0.1) is 5.97 Å². The summed E-state index contributed by atoms with van der Waals surface area (Å²) in [6.07, 6.45) is -0.00301. The number of carbonyl (C=O) groups excluding carboxylic acids is 1. The Morgan fingerprint density at radius 3 is 2.50 bits per heavy atom. The van der Waals surface area contributed by atoms with Crippen LogP contribution in [0.1, 0.15) is 17.9 Å². The molecule has 0 aliphatic heterocycles. The topological polar surface area (TPSA) is 40.1 Å². The first-order valence-electron chi connectivity index (χ1n) is 4.20. The normalized spacial score (nSPS) is 30.0. The Hall–Kier alpha value is -1.09. The molecule has 1 saturated carbocycles. The molecular formula is C10H7ClFO2-. The minimum Gasteiger partial charge on any atom is -0.547 e. The molecule has 0 radical (unpaired) electrons. The molecule has 2 atom stereocenters.